The molecule has 3 heterocycles. The smallest absolute Gasteiger partial charge is 0.240 e. The van der Waals surface area contributed by atoms with Crippen molar-refractivity contribution in [3.05, 3.63) is 95.1 Å². The molecule has 10 heteroatoms. The van der Waals surface area contributed by atoms with Crippen molar-refractivity contribution in [3.8, 4) is 17.2 Å². The Morgan fingerprint density at radius 1 is 1.07 bits per heavy atom. The largest absolute Gasteiger partial charge is 0.454 e. The number of ether oxygens (including phenoxy) is 1. The second-order valence-electron chi connectivity index (χ2n) is 12.4. The Morgan fingerprint density at radius 2 is 1.82 bits per heavy atom. The number of benzene rings is 3. The SMILES string of the molecule is Cc1cc2cc(C(O)c3cnn(-c4ccc(Oc5ccccc5F)cc4C)c3N)[nH]c2cc1N1C(=O)[C@@H](C)CC2(CCC2)C1=O. The van der Waals surface area contributed by atoms with Crippen LogP contribution in [0.5, 0.6) is 11.5 Å². The summed E-state index contributed by atoms with van der Waals surface area (Å²) in [7, 11) is 0. The molecule has 1 saturated heterocycles. The van der Waals surface area contributed by atoms with Gasteiger partial charge in [-0.3, -0.25) is 9.59 Å². The zero-order valence-corrected chi connectivity index (χ0v) is 25.3. The zero-order chi connectivity index (χ0) is 31.6. The first-order valence-corrected chi connectivity index (χ1v) is 15.1. The molecule has 0 radical (unpaired) electrons. The highest BCUT2D eigenvalue weighted by Crippen LogP contribution is 2.51. The second kappa shape index (κ2) is 10.6. The molecule has 4 N–H and O–H groups in total. The van der Waals surface area contributed by atoms with Crippen LogP contribution in [0, 0.1) is 31.0 Å². The van der Waals surface area contributed by atoms with E-state index in [1.807, 2.05) is 39.0 Å². The number of nitrogens with two attached hydrogens (primary N) is 1. The van der Waals surface area contributed by atoms with Crippen LogP contribution in [-0.2, 0) is 9.59 Å². The Hall–Kier alpha value is -4.96. The van der Waals surface area contributed by atoms with E-state index in [1.165, 1.54) is 21.8 Å². The van der Waals surface area contributed by atoms with Gasteiger partial charge in [-0.15, -0.1) is 0 Å². The van der Waals surface area contributed by atoms with E-state index in [0.29, 0.717) is 40.3 Å². The van der Waals surface area contributed by atoms with Crippen LogP contribution >= 0.6 is 0 Å². The molecular weight excluding hydrogens is 573 g/mol. The zero-order valence-electron chi connectivity index (χ0n) is 25.3. The van der Waals surface area contributed by atoms with E-state index < -0.39 is 17.3 Å². The molecule has 2 aliphatic rings. The van der Waals surface area contributed by atoms with E-state index in [2.05, 4.69) is 10.1 Å². The molecule has 1 aliphatic heterocycles. The number of halogens is 1. The van der Waals surface area contributed by atoms with Crippen molar-refractivity contribution < 1.29 is 23.8 Å². The number of amides is 2. The number of aryl methyl sites for hydroxylation is 2. The average Bonchev–Trinajstić information content (AvgIpc) is 3.58. The third kappa shape index (κ3) is 4.67. The molecule has 7 rings (SSSR count). The molecule has 9 nitrogen and oxygen atoms in total. The van der Waals surface area contributed by atoms with Gasteiger partial charge in [-0.05, 0) is 92.8 Å². The molecule has 2 aromatic heterocycles. The van der Waals surface area contributed by atoms with Crippen LogP contribution in [0.15, 0.2) is 66.9 Å². The lowest BCUT2D eigenvalue weighted by atomic mass is 9.61. The third-order valence-electron chi connectivity index (χ3n) is 9.39. The Kier molecular flexibility index (Phi) is 6.77. The average molecular weight is 608 g/mol. The first kappa shape index (κ1) is 28.8. The van der Waals surface area contributed by atoms with Crippen molar-refractivity contribution in [2.45, 2.75) is 52.6 Å². The molecule has 3 aromatic carbocycles. The number of hydrogen-bond acceptors (Lipinski definition) is 6. The lowest BCUT2D eigenvalue weighted by molar-refractivity contribution is -0.145. The normalized spacial score (nSPS) is 18.4. The van der Waals surface area contributed by atoms with Gasteiger partial charge in [0.2, 0.25) is 11.8 Å². The minimum atomic E-state index is -1.12. The molecule has 5 aromatic rings. The topological polar surface area (TPSA) is 126 Å². The summed E-state index contributed by atoms with van der Waals surface area (Å²) in [6, 6.07) is 17.0. The minimum Gasteiger partial charge on any atom is -0.454 e. The van der Waals surface area contributed by atoms with E-state index in [4.69, 9.17) is 10.5 Å². The summed E-state index contributed by atoms with van der Waals surface area (Å²) in [4.78, 5) is 31.5. The van der Waals surface area contributed by atoms with E-state index >= 15 is 0 Å². The Labute approximate surface area is 259 Å². The molecule has 2 fully saturated rings. The number of aromatic nitrogens is 3. The first-order chi connectivity index (χ1) is 21.6. The van der Waals surface area contributed by atoms with E-state index in [0.717, 1.165) is 35.8 Å². The summed E-state index contributed by atoms with van der Waals surface area (Å²) in [5.41, 5.74) is 10.5. The monoisotopic (exact) mass is 607 g/mol. The van der Waals surface area contributed by atoms with Gasteiger partial charge >= 0.3 is 0 Å². The number of H-pyrrole nitrogens is 1. The maximum absolute atomic E-state index is 14.1. The molecule has 230 valence electrons. The van der Waals surface area contributed by atoms with Gasteiger partial charge < -0.3 is 20.6 Å². The number of carbonyl (C=O) groups excluding carboxylic acids is 2. The molecule has 1 saturated carbocycles. The van der Waals surface area contributed by atoms with Gasteiger partial charge in [0, 0.05) is 28.1 Å². The van der Waals surface area contributed by atoms with Gasteiger partial charge in [-0.25, -0.2) is 14.0 Å². The van der Waals surface area contributed by atoms with Gasteiger partial charge in [-0.1, -0.05) is 25.5 Å². The van der Waals surface area contributed by atoms with Crippen molar-refractivity contribution >= 4 is 34.2 Å². The molecule has 0 bridgehead atoms. The van der Waals surface area contributed by atoms with E-state index in [-0.39, 0.29) is 29.3 Å². The van der Waals surface area contributed by atoms with Crippen LogP contribution < -0.4 is 15.4 Å². The minimum absolute atomic E-state index is 0.103. The van der Waals surface area contributed by atoms with Gasteiger partial charge in [0.05, 0.1) is 23.0 Å². The molecule has 45 heavy (non-hydrogen) atoms. The second-order valence-corrected chi connectivity index (χ2v) is 12.4. The highest BCUT2D eigenvalue weighted by atomic mass is 19.1. The van der Waals surface area contributed by atoms with Gasteiger partial charge in [-0.2, -0.15) is 5.10 Å². The van der Waals surface area contributed by atoms with Crippen LogP contribution in [0.3, 0.4) is 0 Å². The van der Waals surface area contributed by atoms with Crippen LogP contribution in [-0.4, -0.2) is 31.7 Å². The number of fused-ring (bicyclic) bond motifs is 1. The third-order valence-corrected chi connectivity index (χ3v) is 9.39. The highest BCUT2D eigenvalue weighted by Gasteiger charge is 2.53. The fraction of sp³-hybridized carbons (Fsp3) is 0.286. The van der Waals surface area contributed by atoms with Crippen molar-refractivity contribution in [3.63, 3.8) is 0 Å². The highest BCUT2D eigenvalue weighted by molar-refractivity contribution is 6.20. The van der Waals surface area contributed by atoms with E-state index in [1.54, 1.807) is 36.4 Å². The number of hydrogen-bond donors (Lipinski definition) is 3. The van der Waals surface area contributed by atoms with Crippen molar-refractivity contribution in [1.29, 1.82) is 0 Å². The summed E-state index contributed by atoms with van der Waals surface area (Å²) < 4.78 is 21.3. The maximum Gasteiger partial charge on any atom is 0.240 e. The Balaban J connectivity index is 1.17. The van der Waals surface area contributed by atoms with Crippen molar-refractivity contribution in [1.82, 2.24) is 14.8 Å². The molecule has 1 aliphatic carbocycles. The van der Waals surface area contributed by atoms with Gasteiger partial charge in [0.1, 0.15) is 17.7 Å². The van der Waals surface area contributed by atoms with Crippen LogP contribution in [0.1, 0.15) is 61.1 Å². The summed E-state index contributed by atoms with van der Waals surface area (Å²) in [5, 5.41) is 16.7. The van der Waals surface area contributed by atoms with Crippen LogP contribution in [0.25, 0.3) is 16.6 Å². The number of carbonyl (C=O) groups is 2. The first-order valence-electron chi connectivity index (χ1n) is 15.1. The van der Waals surface area contributed by atoms with Crippen molar-refractivity contribution in [2.24, 2.45) is 11.3 Å². The fourth-order valence-electron chi connectivity index (χ4n) is 6.79. The number of piperidine rings is 1. The Bertz CT molecular complexity index is 1990. The lowest BCUT2D eigenvalue weighted by Crippen LogP contribution is -2.57. The number of nitrogen functional groups attached to an aromatic ring is 1. The quantitative estimate of drug-likeness (QED) is 0.186. The van der Waals surface area contributed by atoms with Gasteiger partial charge in [0.15, 0.2) is 11.6 Å². The lowest BCUT2D eigenvalue weighted by Gasteiger charge is -2.48. The summed E-state index contributed by atoms with van der Waals surface area (Å²) in [6.45, 7) is 5.66. The Morgan fingerprint density at radius 3 is 2.53 bits per heavy atom. The molecule has 2 amide bonds. The number of aromatic amines is 1. The molecule has 2 atom stereocenters. The fourth-order valence-corrected chi connectivity index (χ4v) is 6.79. The summed E-state index contributed by atoms with van der Waals surface area (Å²) >= 11 is 0. The summed E-state index contributed by atoms with van der Waals surface area (Å²) in [5.74, 6) is -0.109. The maximum atomic E-state index is 14.1. The molecular formula is C35H34FN5O4. The standard InChI is InChI=1S/C35H34FN5O4/c1-19-13-22-15-27(39-26(22)16-29(19)40-33(43)21(3)17-35(34(40)44)11-6-12-35)31(42)24-18-38-41(32(24)37)28-10-9-23(14-20(28)2)45-30-8-5-4-7-25(30)36/h4-5,7-10,13-16,18,21,31,39,42H,6,11-12,17,37H2,1-3H3/t21-,31?/m0/s1. The van der Waals surface area contributed by atoms with Crippen LogP contribution in [0.4, 0.5) is 15.9 Å². The predicted molar refractivity (Wildman–Crippen MR) is 169 cm³/mol. The van der Waals surface area contributed by atoms with Crippen LogP contribution in [0.2, 0.25) is 0 Å². The number of aliphatic hydroxyl groups is 1. The summed E-state index contributed by atoms with van der Waals surface area (Å²) in [6.07, 6.45) is 3.67. The van der Waals surface area contributed by atoms with E-state index in [9.17, 15) is 19.1 Å². The number of nitrogens with zero attached hydrogens (tertiary/aromatic N) is 3. The molecule has 1 spiro atoms. The number of anilines is 2. The van der Waals surface area contributed by atoms with Gasteiger partial charge in [0.25, 0.3) is 0 Å². The predicted octanol–water partition coefficient (Wildman–Crippen LogP) is 6.64. The molecule has 1 unspecified atom stereocenters. The number of para-hydroxylation sites is 1. The number of nitrogens with one attached hydrogen (secondary N) is 1. The number of aliphatic hydroxyl groups excluding tert-OH is 1. The number of imide groups is 1. The number of rotatable bonds is 6. The van der Waals surface area contributed by atoms with Crippen molar-refractivity contribution in [2.75, 3.05) is 10.6 Å².